The van der Waals surface area contributed by atoms with Crippen molar-refractivity contribution in [3.05, 3.63) is 11.5 Å². The zero-order valence-electron chi connectivity index (χ0n) is 7.86. The van der Waals surface area contributed by atoms with Crippen molar-refractivity contribution in [2.24, 2.45) is 0 Å². The lowest BCUT2D eigenvalue weighted by Gasteiger charge is -2.04. The Morgan fingerprint density at radius 1 is 1.57 bits per heavy atom. The fourth-order valence-electron chi connectivity index (χ4n) is 1.83. The van der Waals surface area contributed by atoms with E-state index in [1.54, 1.807) is 6.92 Å². The maximum atomic E-state index is 11.6. The molecule has 1 aliphatic rings. The summed E-state index contributed by atoms with van der Waals surface area (Å²) >= 11 is 0. The highest BCUT2D eigenvalue weighted by Gasteiger charge is 2.36. The number of sulfone groups is 1. The lowest BCUT2D eigenvalue weighted by Crippen LogP contribution is -2.09. The van der Waals surface area contributed by atoms with Crippen LogP contribution in [-0.2, 0) is 9.84 Å². The molecule has 1 saturated heterocycles. The second kappa shape index (κ2) is 2.98. The largest absolute Gasteiger partial charge is 0.429 e. The predicted molar refractivity (Wildman–Crippen MR) is 51.4 cm³/mol. The van der Waals surface area contributed by atoms with E-state index >= 15 is 0 Å². The summed E-state index contributed by atoms with van der Waals surface area (Å²) in [4.78, 5) is 3.92. The molecule has 0 radical (unpaired) electrons. The molecular formula is C8H12N2O3S. The Hall–Kier alpha value is -1.04. The van der Waals surface area contributed by atoms with Crippen LogP contribution in [0.4, 0.5) is 6.01 Å². The molecule has 1 aliphatic heterocycles. The molecule has 14 heavy (non-hydrogen) atoms. The summed E-state index contributed by atoms with van der Waals surface area (Å²) in [6.45, 7) is 1.69. The van der Waals surface area contributed by atoms with Crippen molar-refractivity contribution >= 4 is 15.9 Å². The van der Waals surface area contributed by atoms with Gasteiger partial charge < -0.3 is 10.2 Å². The van der Waals surface area contributed by atoms with Gasteiger partial charge in [0.2, 0.25) is 0 Å². The molecule has 1 atom stereocenters. The highest BCUT2D eigenvalue weighted by molar-refractivity contribution is 7.91. The van der Waals surface area contributed by atoms with Crippen LogP contribution in [0.5, 0.6) is 0 Å². The highest BCUT2D eigenvalue weighted by atomic mass is 32.2. The van der Waals surface area contributed by atoms with Crippen LogP contribution >= 0.6 is 0 Å². The van der Waals surface area contributed by atoms with Crippen LogP contribution in [-0.4, -0.2) is 19.2 Å². The van der Waals surface area contributed by atoms with Crippen LogP contribution in [0, 0.1) is 6.92 Å². The minimum absolute atomic E-state index is 0.0413. The molecule has 1 fully saturated rings. The monoisotopic (exact) mass is 216 g/mol. The van der Waals surface area contributed by atoms with Crippen LogP contribution in [0.2, 0.25) is 0 Å². The summed E-state index contributed by atoms with van der Waals surface area (Å²) in [5.41, 5.74) is 5.85. The van der Waals surface area contributed by atoms with E-state index in [0.717, 1.165) is 0 Å². The molecule has 0 bridgehead atoms. The average molecular weight is 216 g/mol. The standard InChI is InChI=1S/C8H12N2O3S/c1-5-7(10-8(9)13-5)6-3-2-4-14(6,11)12/h6H,2-4H2,1H3,(H2,9,10). The topological polar surface area (TPSA) is 86.2 Å². The minimum Gasteiger partial charge on any atom is -0.429 e. The van der Waals surface area contributed by atoms with Crippen LogP contribution in [0.15, 0.2) is 4.42 Å². The van der Waals surface area contributed by atoms with Gasteiger partial charge in [-0.1, -0.05) is 0 Å². The van der Waals surface area contributed by atoms with Gasteiger partial charge in [-0.15, -0.1) is 0 Å². The zero-order valence-corrected chi connectivity index (χ0v) is 8.67. The number of rotatable bonds is 1. The summed E-state index contributed by atoms with van der Waals surface area (Å²) in [7, 11) is -3.03. The van der Waals surface area contributed by atoms with Gasteiger partial charge in [-0.2, -0.15) is 4.98 Å². The van der Waals surface area contributed by atoms with E-state index < -0.39 is 15.1 Å². The Kier molecular flexibility index (Phi) is 2.02. The van der Waals surface area contributed by atoms with Crippen LogP contribution in [0.3, 0.4) is 0 Å². The van der Waals surface area contributed by atoms with Crippen LogP contribution in [0.1, 0.15) is 29.5 Å². The fourth-order valence-corrected chi connectivity index (χ4v) is 3.76. The van der Waals surface area contributed by atoms with Gasteiger partial charge >= 0.3 is 0 Å². The zero-order chi connectivity index (χ0) is 10.3. The number of oxazole rings is 1. The molecule has 0 aliphatic carbocycles. The third-order valence-corrected chi connectivity index (χ3v) is 4.67. The molecule has 0 amide bonds. The first-order valence-electron chi connectivity index (χ1n) is 4.45. The Morgan fingerprint density at radius 3 is 2.71 bits per heavy atom. The fraction of sp³-hybridized carbons (Fsp3) is 0.625. The Morgan fingerprint density at radius 2 is 2.29 bits per heavy atom. The number of aromatic nitrogens is 1. The van der Waals surface area contributed by atoms with Gasteiger partial charge in [0.05, 0.1) is 5.75 Å². The quantitative estimate of drug-likeness (QED) is 0.750. The van der Waals surface area contributed by atoms with Crippen molar-refractivity contribution in [3.8, 4) is 0 Å². The number of anilines is 1. The smallest absolute Gasteiger partial charge is 0.292 e. The minimum atomic E-state index is -3.03. The first-order valence-corrected chi connectivity index (χ1v) is 6.16. The van der Waals surface area contributed by atoms with Gasteiger partial charge in [0.1, 0.15) is 16.7 Å². The van der Waals surface area contributed by atoms with Crippen molar-refractivity contribution in [1.82, 2.24) is 4.98 Å². The van der Waals surface area contributed by atoms with Gasteiger partial charge in [0, 0.05) is 0 Å². The second-order valence-corrected chi connectivity index (χ2v) is 5.79. The van der Waals surface area contributed by atoms with Crippen molar-refractivity contribution in [2.45, 2.75) is 25.0 Å². The summed E-state index contributed by atoms with van der Waals surface area (Å²) in [5.74, 6) is 0.752. The molecule has 0 aromatic carbocycles. The van der Waals surface area contributed by atoms with Gasteiger partial charge in [0.25, 0.3) is 6.01 Å². The highest BCUT2D eigenvalue weighted by Crippen LogP contribution is 2.35. The summed E-state index contributed by atoms with van der Waals surface area (Å²) in [6.07, 6.45) is 1.31. The number of hydrogen-bond donors (Lipinski definition) is 1. The molecule has 2 N–H and O–H groups in total. The van der Waals surface area contributed by atoms with Gasteiger partial charge in [-0.25, -0.2) is 8.42 Å². The van der Waals surface area contributed by atoms with E-state index in [2.05, 4.69) is 4.98 Å². The van der Waals surface area contributed by atoms with E-state index in [9.17, 15) is 8.42 Å². The molecule has 6 heteroatoms. The average Bonchev–Trinajstić information content (AvgIpc) is 2.54. The maximum Gasteiger partial charge on any atom is 0.292 e. The molecule has 0 saturated carbocycles. The second-order valence-electron chi connectivity index (χ2n) is 3.49. The summed E-state index contributed by atoms with van der Waals surface area (Å²) < 4.78 is 28.2. The predicted octanol–water partition coefficient (Wildman–Crippen LogP) is 0.815. The molecule has 2 heterocycles. The normalized spacial score (nSPS) is 25.4. The van der Waals surface area contributed by atoms with E-state index in [-0.39, 0.29) is 11.8 Å². The van der Waals surface area contributed by atoms with Crippen molar-refractivity contribution in [2.75, 3.05) is 11.5 Å². The Balaban J connectivity index is 2.45. The van der Waals surface area contributed by atoms with Gasteiger partial charge in [-0.3, -0.25) is 0 Å². The molecule has 78 valence electrons. The third-order valence-electron chi connectivity index (χ3n) is 2.48. The Bertz CT molecular complexity index is 449. The molecule has 1 aromatic rings. The first-order chi connectivity index (χ1) is 6.50. The van der Waals surface area contributed by atoms with E-state index in [0.29, 0.717) is 24.3 Å². The van der Waals surface area contributed by atoms with E-state index in [1.165, 1.54) is 0 Å². The molecule has 0 spiro atoms. The third kappa shape index (κ3) is 1.39. The van der Waals surface area contributed by atoms with Crippen molar-refractivity contribution < 1.29 is 12.8 Å². The molecule has 2 rings (SSSR count). The van der Waals surface area contributed by atoms with E-state index in [4.69, 9.17) is 10.2 Å². The van der Waals surface area contributed by atoms with Gasteiger partial charge in [0.15, 0.2) is 9.84 Å². The number of hydrogen-bond acceptors (Lipinski definition) is 5. The van der Waals surface area contributed by atoms with Crippen molar-refractivity contribution in [1.29, 1.82) is 0 Å². The first kappa shape index (κ1) is 9.51. The summed E-state index contributed by atoms with van der Waals surface area (Å²) in [6, 6.07) is 0.0413. The summed E-state index contributed by atoms with van der Waals surface area (Å²) in [5, 5.41) is -0.511. The van der Waals surface area contributed by atoms with Gasteiger partial charge in [-0.05, 0) is 19.8 Å². The SMILES string of the molecule is Cc1oc(N)nc1C1CCCS1(=O)=O. The number of nitrogens with zero attached hydrogens (tertiary/aromatic N) is 1. The molecule has 5 nitrogen and oxygen atoms in total. The van der Waals surface area contributed by atoms with Crippen LogP contribution < -0.4 is 5.73 Å². The lowest BCUT2D eigenvalue weighted by molar-refractivity contribution is 0.541. The van der Waals surface area contributed by atoms with E-state index in [1.807, 2.05) is 0 Å². The number of nitrogen functional groups attached to an aromatic ring is 1. The van der Waals surface area contributed by atoms with Crippen LogP contribution in [0.25, 0.3) is 0 Å². The maximum absolute atomic E-state index is 11.6. The Labute approximate surface area is 82.2 Å². The molecule has 1 aromatic heterocycles. The number of nitrogens with two attached hydrogens (primary N) is 1. The molecule has 1 unspecified atom stereocenters. The van der Waals surface area contributed by atoms with Crippen molar-refractivity contribution in [3.63, 3.8) is 0 Å². The molecular weight excluding hydrogens is 204 g/mol. The number of aryl methyl sites for hydroxylation is 1. The lowest BCUT2D eigenvalue weighted by atomic mass is 10.2.